The molecule has 1 aromatic heterocycles. The van der Waals surface area contributed by atoms with E-state index in [1.54, 1.807) is 0 Å². The van der Waals surface area contributed by atoms with Crippen LogP contribution in [0, 0.1) is 0 Å². The SMILES string of the molecule is CCCCCCCCCCc1cnc(-c2ccc(OCCC(F)CCCCCCCC)cc2)nc1. The topological polar surface area (TPSA) is 35.0 Å². The van der Waals surface area contributed by atoms with Gasteiger partial charge in [0.05, 0.1) is 6.61 Å². The number of hydrogen-bond donors (Lipinski definition) is 0. The molecule has 196 valence electrons. The van der Waals surface area contributed by atoms with Gasteiger partial charge in [-0.15, -0.1) is 0 Å². The quantitative estimate of drug-likeness (QED) is 0.165. The fourth-order valence-corrected chi connectivity index (χ4v) is 4.39. The van der Waals surface area contributed by atoms with E-state index in [2.05, 4.69) is 23.8 Å². The van der Waals surface area contributed by atoms with Gasteiger partial charge >= 0.3 is 0 Å². The van der Waals surface area contributed by atoms with E-state index in [1.807, 2.05) is 36.7 Å². The van der Waals surface area contributed by atoms with Crippen LogP contribution in [-0.2, 0) is 6.42 Å². The zero-order valence-electron chi connectivity index (χ0n) is 22.5. The van der Waals surface area contributed by atoms with E-state index in [4.69, 9.17) is 4.74 Å². The van der Waals surface area contributed by atoms with E-state index in [0.29, 0.717) is 19.4 Å². The van der Waals surface area contributed by atoms with E-state index in [1.165, 1.54) is 82.6 Å². The molecule has 35 heavy (non-hydrogen) atoms. The number of aryl methyl sites for hydroxylation is 1. The second kappa shape index (κ2) is 19.2. The van der Waals surface area contributed by atoms with Crippen LogP contribution in [0.1, 0.15) is 122 Å². The highest BCUT2D eigenvalue weighted by Crippen LogP contribution is 2.20. The third-order valence-corrected chi connectivity index (χ3v) is 6.71. The van der Waals surface area contributed by atoms with E-state index in [-0.39, 0.29) is 0 Å². The van der Waals surface area contributed by atoms with Crippen LogP contribution in [0.2, 0.25) is 0 Å². The number of unbranched alkanes of at least 4 members (excludes halogenated alkanes) is 12. The summed E-state index contributed by atoms with van der Waals surface area (Å²) in [6.45, 7) is 4.90. The Labute approximate surface area is 214 Å². The third kappa shape index (κ3) is 13.6. The molecule has 0 bridgehead atoms. The molecule has 2 aromatic rings. The van der Waals surface area contributed by atoms with Gasteiger partial charge < -0.3 is 4.74 Å². The Bertz CT molecular complexity index is 748. The summed E-state index contributed by atoms with van der Waals surface area (Å²) in [6.07, 6.45) is 23.1. The van der Waals surface area contributed by atoms with Gasteiger partial charge in [0.1, 0.15) is 11.9 Å². The standard InChI is InChI=1S/C31H49FN2O/c1-3-5-7-9-11-12-13-15-17-27-25-33-31(34-26-27)28-19-21-30(22-20-28)35-24-23-29(32)18-16-14-10-8-6-4-2/h19-22,25-26,29H,3-18,23-24H2,1-2H3. The molecular formula is C31H49FN2O. The second-order valence-electron chi connectivity index (χ2n) is 9.96. The molecule has 0 aliphatic carbocycles. The number of rotatable bonds is 21. The van der Waals surface area contributed by atoms with Crippen LogP contribution < -0.4 is 4.74 Å². The molecular weight excluding hydrogens is 435 g/mol. The van der Waals surface area contributed by atoms with E-state index >= 15 is 0 Å². The minimum atomic E-state index is -0.766. The van der Waals surface area contributed by atoms with E-state index in [9.17, 15) is 4.39 Å². The van der Waals surface area contributed by atoms with Crippen molar-refractivity contribution in [3.8, 4) is 17.1 Å². The number of halogens is 1. The summed E-state index contributed by atoms with van der Waals surface area (Å²) in [6, 6.07) is 7.81. The second-order valence-corrected chi connectivity index (χ2v) is 9.96. The number of nitrogens with zero attached hydrogens (tertiary/aromatic N) is 2. The van der Waals surface area contributed by atoms with Gasteiger partial charge in [-0.2, -0.15) is 0 Å². The van der Waals surface area contributed by atoms with Crippen molar-refractivity contribution in [1.29, 1.82) is 0 Å². The van der Waals surface area contributed by atoms with E-state index in [0.717, 1.165) is 36.4 Å². The van der Waals surface area contributed by atoms with Crippen LogP contribution in [0.25, 0.3) is 11.4 Å². The summed E-state index contributed by atoms with van der Waals surface area (Å²) in [5, 5.41) is 0. The fraction of sp³-hybridized carbons (Fsp3) is 0.677. The van der Waals surface area contributed by atoms with Crippen LogP contribution in [-0.4, -0.2) is 22.7 Å². The van der Waals surface area contributed by atoms with Crippen LogP contribution in [0.5, 0.6) is 5.75 Å². The molecule has 4 heteroatoms. The average molecular weight is 485 g/mol. The van der Waals surface area contributed by atoms with Gasteiger partial charge in [0.25, 0.3) is 0 Å². The molecule has 3 nitrogen and oxygen atoms in total. The van der Waals surface area contributed by atoms with Gasteiger partial charge in [-0.3, -0.25) is 0 Å². The highest BCUT2D eigenvalue weighted by Gasteiger charge is 2.07. The number of hydrogen-bond acceptors (Lipinski definition) is 3. The Hall–Kier alpha value is -1.97. The van der Waals surface area contributed by atoms with Gasteiger partial charge in [-0.05, 0) is 49.1 Å². The predicted octanol–water partition coefficient (Wildman–Crippen LogP) is 9.68. The molecule has 0 saturated heterocycles. The lowest BCUT2D eigenvalue weighted by atomic mass is 10.1. The predicted molar refractivity (Wildman–Crippen MR) is 147 cm³/mol. The van der Waals surface area contributed by atoms with Gasteiger partial charge in [-0.25, -0.2) is 14.4 Å². The van der Waals surface area contributed by atoms with Crippen molar-refractivity contribution >= 4 is 0 Å². The van der Waals surface area contributed by atoms with Crippen LogP contribution in [0.15, 0.2) is 36.7 Å². The summed E-state index contributed by atoms with van der Waals surface area (Å²) in [5.41, 5.74) is 2.18. The Morgan fingerprint density at radius 1 is 0.686 bits per heavy atom. The average Bonchev–Trinajstić information content (AvgIpc) is 2.88. The maximum atomic E-state index is 14.1. The smallest absolute Gasteiger partial charge is 0.159 e. The molecule has 1 atom stereocenters. The monoisotopic (exact) mass is 484 g/mol. The van der Waals surface area contributed by atoms with Crippen molar-refractivity contribution in [2.24, 2.45) is 0 Å². The Balaban J connectivity index is 1.60. The summed E-state index contributed by atoms with van der Waals surface area (Å²) >= 11 is 0. The summed E-state index contributed by atoms with van der Waals surface area (Å²) in [7, 11) is 0. The molecule has 0 amide bonds. The van der Waals surface area contributed by atoms with Crippen molar-refractivity contribution in [1.82, 2.24) is 9.97 Å². The maximum absolute atomic E-state index is 14.1. The maximum Gasteiger partial charge on any atom is 0.159 e. The Kier molecular flexibility index (Phi) is 16.1. The molecule has 1 aromatic carbocycles. The Morgan fingerprint density at radius 3 is 1.83 bits per heavy atom. The fourth-order valence-electron chi connectivity index (χ4n) is 4.39. The van der Waals surface area contributed by atoms with Crippen molar-refractivity contribution in [3.63, 3.8) is 0 Å². The Morgan fingerprint density at radius 2 is 1.23 bits per heavy atom. The molecule has 1 unspecified atom stereocenters. The number of benzene rings is 1. The lowest BCUT2D eigenvalue weighted by Gasteiger charge is -2.10. The minimum absolute atomic E-state index is 0.417. The van der Waals surface area contributed by atoms with Crippen molar-refractivity contribution < 1.29 is 9.13 Å². The number of aromatic nitrogens is 2. The highest BCUT2D eigenvalue weighted by atomic mass is 19.1. The summed E-state index contributed by atoms with van der Waals surface area (Å²) < 4.78 is 19.8. The number of alkyl halides is 1. The van der Waals surface area contributed by atoms with Gasteiger partial charge in [-0.1, -0.05) is 97.3 Å². The first kappa shape index (κ1) is 29.3. The molecule has 1 heterocycles. The highest BCUT2D eigenvalue weighted by molar-refractivity contribution is 5.55. The van der Waals surface area contributed by atoms with Crippen LogP contribution in [0.4, 0.5) is 4.39 Å². The summed E-state index contributed by atoms with van der Waals surface area (Å²) in [5.74, 6) is 1.51. The lowest BCUT2D eigenvalue weighted by molar-refractivity contribution is 0.222. The molecule has 0 aliphatic rings. The molecule has 0 radical (unpaired) electrons. The first-order chi connectivity index (χ1) is 17.2. The molecule has 0 spiro atoms. The molecule has 0 fully saturated rings. The molecule has 0 saturated carbocycles. The molecule has 0 N–H and O–H groups in total. The third-order valence-electron chi connectivity index (χ3n) is 6.71. The first-order valence-corrected chi connectivity index (χ1v) is 14.4. The summed E-state index contributed by atoms with van der Waals surface area (Å²) in [4.78, 5) is 9.13. The van der Waals surface area contributed by atoms with E-state index < -0.39 is 6.17 Å². The number of ether oxygens (including phenoxy) is 1. The molecule has 0 aliphatic heterocycles. The first-order valence-electron chi connectivity index (χ1n) is 14.4. The normalized spacial score (nSPS) is 12.1. The largest absolute Gasteiger partial charge is 0.493 e. The molecule has 2 rings (SSSR count). The zero-order valence-corrected chi connectivity index (χ0v) is 22.5. The minimum Gasteiger partial charge on any atom is -0.493 e. The zero-order chi connectivity index (χ0) is 25.0. The van der Waals surface area contributed by atoms with Crippen LogP contribution >= 0.6 is 0 Å². The van der Waals surface area contributed by atoms with Crippen molar-refractivity contribution in [2.45, 2.75) is 129 Å². The van der Waals surface area contributed by atoms with Crippen molar-refractivity contribution in [3.05, 3.63) is 42.2 Å². The van der Waals surface area contributed by atoms with Crippen LogP contribution in [0.3, 0.4) is 0 Å². The van der Waals surface area contributed by atoms with Crippen molar-refractivity contribution in [2.75, 3.05) is 6.61 Å². The lowest BCUT2D eigenvalue weighted by Crippen LogP contribution is -2.07. The van der Waals surface area contributed by atoms with Gasteiger partial charge in [0, 0.05) is 24.4 Å². The van der Waals surface area contributed by atoms with Gasteiger partial charge in [0.15, 0.2) is 5.82 Å². The van der Waals surface area contributed by atoms with Gasteiger partial charge in [0.2, 0.25) is 0 Å².